The van der Waals surface area contributed by atoms with E-state index in [0.29, 0.717) is 15.6 Å². The van der Waals surface area contributed by atoms with Crippen molar-refractivity contribution in [3.63, 3.8) is 0 Å². The number of aryl methyl sites for hydroxylation is 2. The lowest BCUT2D eigenvalue weighted by atomic mass is 10.3. The minimum Gasteiger partial charge on any atom is -0.260 e. The van der Waals surface area contributed by atoms with Gasteiger partial charge in [0.2, 0.25) is 0 Å². The van der Waals surface area contributed by atoms with Crippen LogP contribution in [0.1, 0.15) is 11.3 Å². The van der Waals surface area contributed by atoms with Gasteiger partial charge in [-0.05, 0) is 25.1 Å². The van der Waals surface area contributed by atoms with E-state index in [1.54, 1.807) is 10.7 Å². The summed E-state index contributed by atoms with van der Waals surface area (Å²) in [6.07, 6.45) is 0. The number of hydrogen-bond acceptors (Lipinski definition) is 3. The maximum atomic E-state index is 9.13. The highest BCUT2D eigenvalue weighted by molar-refractivity contribution is 7.99. The zero-order valence-corrected chi connectivity index (χ0v) is 12.1. The molecule has 0 aliphatic rings. The summed E-state index contributed by atoms with van der Waals surface area (Å²) in [7, 11) is 1.81. The Balaban J connectivity index is 2.43. The predicted molar refractivity (Wildman–Crippen MR) is 73.2 cm³/mol. The fraction of sp³-hybridized carbons (Fsp3) is 0.167. The number of rotatable bonds is 2. The molecule has 0 aliphatic carbocycles. The van der Waals surface area contributed by atoms with Crippen LogP contribution >= 0.6 is 35.0 Å². The van der Waals surface area contributed by atoms with E-state index in [1.165, 1.54) is 11.8 Å². The molecule has 0 bridgehead atoms. The number of hydrogen-bond donors (Lipinski definition) is 0. The van der Waals surface area contributed by atoms with Gasteiger partial charge in [0.1, 0.15) is 16.7 Å². The molecule has 0 unspecified atom stereocenters. The predicted octanol–water partition coefficient (Wildman–Crippen LogP) is 4.06. The van der Waals surface area contributed by atoms with Crippen molar-refractivity contribution in [3.05, 3.63) is 39.5 Å². The molecule has 0 radical (unpaired) electrons. The van der Waals surface area contributed by atoms with E-state index in [-0.39, 0.29) is 0 Å². The smallest absolute Gasteiger partial charge is 0.117 e. The van der Waals surface area contributed by atoms with Crippen molar-refractivity contribution < 1.29 is 0 Å². The molecule has 0 amide bonds. The summed E-state index contributed by atoms with van der Waals surface area (Å²) in [6.45, 7) is 1.81. The Morgan fingerprint density at radius 3 is 2.44 bits per heavy atom. The first-order chi connectivity index (χ1) is 8.51. The van der Waals surface area contributed by atoms with Gasteiger partial charge < -0.3 is 0 Å². The van der Waals surface area contributed by atoms with E-state index in [2.05, 4.69) is 11.2 Å². The van der Waals surface area contributed by atoms with Crippen LogP contribution in [0.4, 0.5) is 0 Å². The fourth-order valence-corrected chi connectivity index (χ4v) is 3.30. The normalized spacial score (nSPS) is 10.4. The van der Waals surface area contributed by atoms with Crippen LogP contribution in [0.15, 0.2) is 28.1 Å². The zero-order valence-electron chi connectivity index (χ0n) is 9.74. The van der Waals surface area contributed by atoms with Crippen LogP contribution in [0.2, 0.25) is 10.0 Å². The Hall–Kier alpha value is -1.15. The van der Waals surface area contributed by atoms with Crippen molar-refractivity contribution in [1.82, 2.24) is 9.78 Å². The molecule has 0 spiro atoms. The molecular weight excluding hydrogens is 289 g/mol. The lowest BCUT2D eigenvalue weighted by molar-refractivity contribution is 0.692. The second kappa shape index (κ2) is 5.23. The molecule has 0 fully saturated rings. The summed E-state index contributed by atoms with van der Waals surface area (Å²) in [5.41, 5.74) is 1.30. The third-order valence-electron chi connectivity index (χ3n) is 2.33. The highest BCUT2D eigenvalue weighted by atomic mass is 35.5. The van der Waals surface area contributed by atoms with Crippen molar-refractivity contribution in [3.8, 4) is 6.07 Å². The van der Waals surface area contributed by atoms with Crippen molar-refractivity contribution >= 4 is 35.0 Å². The van der Waals surface area contributed by atoms with Gasteiger partial charge in [-0.1, -0.05) is 35.0 Å². The molecule has 18 heavy (non-hydrogen) atoms. The maximum absolute atomic E-state index is 9.13. The molecule has 1 aromatic heterocycles. The maximum Gasteiger partial charge on any atom is 0.117 e. The van der Waals surface area contributed by atoms with E-state index in [1.807, 2.05) is 26.1 Å². The van der Waals surface area contributed by atoms with Crippen molar-refractivity contribution in [1.29, 1.82) is 5.26 Å². The average molecular weight is 298 g/mol. The second-order valence-electron chi connectivity index (χ2n) is 3.71. The van der Waals surface area contributed by atoms with Crippen LogP contribution in [-0.2, 0) is 7.05 Å². The van der Waals surface area contributed by atoms with E-state index in [4.69, 9.17) is 28.5 Å². The number of benzene rings is 1. The molecule has 2 aromatic rings. The molecule has 0 atom stereocenters. The second-order valence-corrected chi connectivity index (χ2v) is 5.64. The average Bonchev–Trinajstić information content (AvgIpc) is 2.52. The third-order valence-corrected chi connectivity index (χ3v) is 3.90. The van der Waals surface area contributed by atoms with Crippen molar-refractivity contribution in [2.24, 2.45) is 7.05 Å². The number of halogens is 2. The van der Waals surface area contributed by atoms with Gasteiger partial charge in [0, 0.05) is 22.0 Å². The van der Waals surface area contributed by atoms with Gasteiger partial charge >= 0.3 is 0 Å². The van der Waals surface area contributed by atoms with Gasteiger partial charge in [-0.2, -0.15) is 10.4 Å². The van der Waals surface area contributed by atoms with E-state index in [0.717, 1.165) is 15.6 Å². The Bertz CT molecular complexity index is 623. The molecule has 92 valence electrons. The molecular formula is C12H9Cl2N3S. The fourth-order valence-electron chi connectivity index (χ4n) is 1.58. The van der Waals surface area contributed by atoms with Crippen LogP contribution in [-0.4, -0.2) is 9.78 Å². The minimum absolute atomic E-state index is 0.572. The monoisotopic (exact) mass is 297 g/mol. The van der Waals surface area contributed by atoms with E-state index in [9.17, 15) is 0 Å². The standard InChI is InChI=1S/C12H9Cl2N3S/c1-7-11(6-15)12(17(2)16-7)18-10-4-8(13)3-9(14)5-10/h3-5H,1-2H3. The number of aromatic nitrogens is 2. The van der Waals surface area contributed by atoms with Crippen LogP contribution in [0, 0.1) is 18.3 Å². The van der Waals surface area contributed by atoms with Crippen molar-refractivity contribution in [2.75, 3.05) is 0 Å². The quantitative estimate of drug-likeness (QED) is 0.839. The van der Waals surface area contributed by atoms with Gasteiger partial charge in [0.25, 0.3) is 0 Å². The van der Waals surface area contributed by atoms with Gasteiger partial charge in [0.05, 0.1) is 5.69 Å². The minimum atomic E-state index is 0.572. The Morgan fingerprint density at radius 1 is 1.28 bits per heavy atom. The number of nitriles is 1. The first-order valence-corrected chi connectivity index (χ1v) is 6.66. The molecule has 6 heteroatoms. The van der Waals surface area contributed by atoms with Gasteiger partial charge in [0.15, 0.2) is 0 Å². The SMILES string of the molecule is Cc1nn(C)c(Sc2cc(Cl)cc(Cl)c2)c1C#N. The molecule has 2 rings (SSSR count). The summed E-state index contributed by atoms with van der Waals surface area (Å²) in [6, 6.07) is 7.45. The summed E-state index contributed by atoms with van der Waals surface area (Å²) < 4.78 is 1.69. The highest BCUT2D eigenvalue weighted by Gasteiger charge is 2.14. The van der Waals surface area contributed by atoms with E-state index >= 15 is 0 Å². The summed E-state index contributed by atoms with van der Waals surface area (Å²) in [5, 5.41) is 15.3. The van der Waals surface area contributed by atoms with Crippen molar-refractivity contribution in [2.45, 2.75) is 16.8 Å². The molecule has 1 aromatic carbocycles. The molecule has 3 nitrogen and oxygen atoms in total. The number of nitrogens with zero attached hydrogens (tertiary/aromatic N) is 3. The largest absolute Gasteiger partial charge is 0.260 e. The van der Waals surface area contributed by atoms with Crippen LogP contribution in [0.5, 0.6) is 0 Å². The topological polar surface area (TPSA) is 41.6 Å². The third kappa shape index (κ3) is 2.64. The van der Waals surface area contributed by atoms with Gasteiger partial charge in [-0.3, -0.25) is 4.68 Å². The lowest BCUT2D eigenvalue weighted by Crippen LogP contribution is -1.92. The first-order valence-electron chi connectivity index (χ1n) is 5.09. The van der Waals surface area contributed by atoms with Crippen LogP contribution in [0.3, 0.4) is 0 Å². The Morgan fingerprint density at radius 2 is 1.89 bits per heavy atom. The molecule has 0 N–H and O–H groups in total. The summed E-state index contributed by atoms with van der Waals surface area (Å²) >= 11 is 13.3. The van der Waals surface area contributed by atoms with Crippen LogP contribution < -0.4 is 0 Å². The Kier molecular flexibility index (Phi) is 3.86. The summed E-state index contributed by atoms with van der Waals surface area (Å²) in [5.74, 6) is 0. The zero-order chi connectivity index (χ0) is 13.3. The highest BCUT2D eigenvalue weighted by Crippen LogP contribution is 2.34. The van der Waals surface area contributed by atoms with Crippen LogP contribution in [0.25, 0.3) is 0 Å². The van der Waals surface area contributed by atoms with E-state index < -0.39 is 0 Å². The van der Waals surface area contributed by atoms with Gasteiger partial charge in [-0.25, -0.2) is 0 Å². The summed E-state index contributed by atoms with van der Waals surface area (Å²) in [4.78, 5) is 0.881. The van der Waals surface area contributed by atoms with Gasteiger partial charge in [-0.15, -0.1) is 0 Å². The molecule has 0 saturated carbocycles. The molecule has 0 aliphatic heterocycles. The molecule has 1 heterocycles. The first kappa shape index (κ1) is 13.3. The Labute approximate surface area is 119 Å². The molecule has 0 saturated heterocycles. The lowest BCUT2D eigenvalue weighted by Gasteiger charge is -2.04.